The van der Waals surface area contributed by atoms with Crippen molar-refractivity contribution in [3.8, 4) is 5.06 Å². The molecule has 0 aliphatic carbocycles. The van der Waals surface area contributed by atoms with Crippen LogP contribution in [0.1, 0.15) is 11.8 Å². The molecule has 20 heavy (non-hydrogen) atoms. The van der Waals surface area contributed by atoms with E-state index in [0.717, 1.165) is 32.1 Å². The number of rotatable bonds is 3. The minimum atomic E-state index is 0.628. The number of benzene rings is 1. The van der Waals surface area contributed by atoms with Crippen molar-refractivity contribution in [1.29, 1.82) is 0 Å². The summed E-state index contributed by atoms with van der Waals surface area (Å²) in [5.74, 6) is 0. The van der Waals surface area contributed by atoms with Crippen molar-refractivity contribution in [2.45, 2.75) is 6.92 Å². The van der Waals surface area contributed by atoms with Gasteiger partial charge < -0.3 is 14.1 Å². The standard InChI is InChI=1S/C15H12BO3S/c1-9-11-5-3-4-6-12(11)18-15(9)10(2)13-7-8-14(20-13)19-16-17/h3-8,17H,1H2,2H3. The van der Waals surface area contributed by atoms with Gasteiger partial charge in [-0.3, -0.25) is 0 Å². The van der Waals surface area contributed by atoms with Gasteiger partial charge in [-0.05, 0) is 25.1 Å². The molecule has 2 aromatic heterocycles. The lowest BCUT2D eigenvalue weighted by molar-refractivity contribution is 0.461. The number of furan rings is 1. The van der Waals surface area contributed by atoms with Crippen LogP contribution in [0, 0.1) is 0 Å². The van der Waals surface area contributed by atoms with E-state index in [1.165, 1.54) is 11.3 Å². The summed E-state index contributed by atoms with van der Waals surface area (Å²) in [7, 11) is 0.680. The van der Waals surface area contributed by atoms with Gasteiger partial charge in [0.05, 0.1) is 0 Å². The second kappa shape index (κ2) is 5.19. The molecule has 0 spiro atoms. The highest BCUT2D eigenvalue weighted by atomic mass is 32.1. The highest BCUT2D eigenvalue weighted by Gasteiger charge is 2.08. The van der Waals surface area contributed by atoms with Crippen LogP contribution < -0.4 is 15.3 Å². The first-order valence-corrected chi connectivity index (χ1v) is 6.92. The number of para-hydroxylation sites is 1. The fourth-order valence-corrected chi connectivity index (χ4v) is 2.98. The van der Waals surface area contributed by atoms with Gasteiger partial charge in [-0.15, -0.1) is 11.3 Å². The van der Waals surface area contributed by atoms with E-state index in [2.05, 4.69) is 6.58 Å². The van der Waals surface area contributed by atoms with E-state index in [9.17, 15) is 0 Å². The molecule has 0 aliphatic rings. The highest BCUT2D eigenvalue weighted by molar-refractivity contribution is 7.15. The molecule has 0 bridgehead atoms. The minimum Gasteiger partial charge on any atom is -0.530 e. The van der Waals surface area contributed by atoms with Crippen molar-refractivity contribution in [2.24, 2.45) is 0 Å². The number of hydrogen-bond donors (Lipinski definition) is 1. The Labute approximate surface area is 120 Å². The Morgan fingerprint density at radius 3 is 2.85 bits per heavy atom. The molecule has 3 rings (SSSR count). The molecule has 0 aliphatic heterocycles. The molecule has 99 valence electrons. The molecule has 0 saturated carbocycles. The normalized spacial score (nSPS) is 12.5. The third-order valence-corrected chi connectivity index (χ3v) is 4.25. The molecule has 1 N–H and O–H groups in total. The topological polar surface area (TPSA) is 42.6 Å². The molecule has 0 fully saturated rings. The van der Waals surface area contributed by atoms with Crippen molar-refractivity contribution in [3.63, 3.8) is 0 Å². The van der Waals surface area contributed by atoms with E-state index in [0.29, 0.717) is 12.7 Å². The number of thiophene rings is 1. The fraction of sp³-hybridized carbons (Fsp3) is 0.0667. The van der Waals surface area contributed by atoms with Gasteiger partial charge in [0.2, 0.25) is 0 Å². The van der Waals surface area contributed by atoms with Crippen LogP contribution in [-0.2, 0) is 0 Å². The second-order valence-electron chi connectivity index (χ2n) is 4.37. The molecule has 0 amide bonds. The maximum atomic E-state index is 8.65. The highest BCUT2D eigenvalue weighted by Crippen LogP contribution is 2.28. The van der Waals surface area contributed by atoms with Gasteiger partial charge in [-0.25, -0.2) is 0 Å². The first kappa shape index (κ1) is 13.0. The van der Waals surface area contributed by atoms with Crippen LogP contribution >= 0.6 is 11.3 Å². The van der Waals surface area contributed by atoms with Crippen LogP contribution in [0.25, 0.3) is 23.1 Å². The lowest BCUT2D eigenvalue weighted by Crippen LogP contribution is -2.20. The molecular formula is C15H12BO3S. The SMILES string of the molecule is C=c1c(=C(C)c2ccc(O[B]O)s2)oc2ccccc12. The number of hydrogen-bond acceptors (Lipinski definition) is 4. The lowest BCUT2D eigenvalue weighted by Gasteiger charge is -1.95. The van der Waals surface area contributed by atoms with E-state index in [-0.39, 0.29) is 0 Å². The zero-order valence-electron chi connectivity index (χ0n) is 10.9. The summed E-state index contributed by atoms with van der Waals surface area (Å²) in [6, 6.07) is 11.6. The molecule has 1 radical (unpaired) electrons. The molecule has 0 saturated heterocycles. The molecule has 1 aromatic carbocycles. The summed E-state index contributed by atoms with van der Waals surface area (Å²) in [5, 5.41) is 11.2. The van der Waals surface area contributed by atoms with Crippen molar-refractivity contribution in [1.82, 2.24) is 0 Å². The first-order valence-electron chi connectivity index (χ1n) is 6.11. The molecule has 2 heterocycles. The quantitative estimate of drug-likeness (QED) is 0.748. The lowest BCUT2D eigenvalue weighted by atomic mass is 10.2. The van der Waals surface area contributed by atoms with Gasteiger partial charge in [0.15, 0.2) is 5.06 Å². The fourth-order valence-electron chi connectivity index (χ4n) is 2.15. The Bertz CT molecular complexity index is 863. The van der Waals surface area contributed by atoms with E-state index in [1.54, 1.807) is 0 Å². The predicted molar refractivity (Wildman–Crippen MR) is 82.1 cm³/mol. The van der Waals surface area contributed by atoms with Crippen molar-refractivity contribution in [2.75, 3.05) is 0 Å². The van der Waals surface area contributed by atoms with Gasteiger partial charge in [0, 0.05) is 21.1 Å². The zero-order valence-corrected chi connectivity index (χ0v) is 11.7. The van der Waals surface area contributed by atoms with Gasteiger partial charge in [-0.1, -0.05) is 24.8 Å². The molecule has 3 nitrogen and oxygen atoms in total. The largest absolute Gasteiger partial charge is 0.569 e. The van der Waals surface area contributed by atoms with E-state index >= 15 is 0 Å². The van der Waals surface area contributed by atoms with Crippen LogP contribution in [0.15, 0.2) is 40.8 Å². The zero-order chi connectivity index (χ0) is 14.1. The molecule has 3 aromatic rings. The van der Waals surface area contributed by atoms with Gasteiger partial charge in [0.25, 0.3) is 0 Å². The van der Waals surface area contributed by atoms with Crippen molar-refractivity contribution in [3.05, 3.63) is 51.9 Å². The third-order valence-electron chi connectivity index (χ3n) is 3.16. The Kier molecular flexibility index (Phi) is 3.38. The predicted octanol–water partition coefficient (Wildman–Crippen LogP) is 2.03. The van der Waals surface area contributed by atoms with E-state index in [4.69, 9.17) is 14.1 Å². The molecular weight excluding hydrogens is 271 g/mol. The van der Waals surface area contributed by atoms with Crippen LogP contribution in [0.2, 0.25) is 0 Å². The summed E-state index contributed by atoms with van der Waals surface area (Å²) < 4.78 is 10.8. The Morgan fingerprint density at radius 1 is 1.30 bits per heavy atom. The third kappa shape index (κ3) is 2.15. The van der Waals surface area contributed by atoms with E-state index < -0.39 is 0 Å². The summed E-state index contributed by atoms with van der Waals surface area (Å²) >= 11 is 1.44. The minimum absolute atomic E-state index is 0.628. The average Bonchev–Trinajstić information content (AvgIpc) is 3.05. The van der Waals surface area contributed by atoms with Crippen LogP contribution in [-0.4, -0.2) is 12.7 Å². The van der Waals surface area contributed by atoms with Crippen LogP contribution in [0.3, 0.4) is 0 Å². The van der Waals surface area contributed by atoms with Crippen LogP contribution in [0.5, 0.6) is 5.06 Å². The molecule has 5 heteroatoms. The first-order chi connectivity index (χ1) is 9.70. The summed E-state index contributed by atoms with van der Waals surface area (Å²) in [6.45, 7) is 6.10. The maximum absolute atomic E-state index is 8.65. The smallest absolute Gasteiger partial charge is 0.530 e. The monoisotopic (exact) mass is 283 g/mol. The maximum Gasteiger partial charge on any atom is 0.569 e. The Balaban J connectivity index is 2.19. The van der Waals surface area contributed by atoms with Gasteiger partial charge >= 0.3 is 7.69 Å². The summed E-state index contributed by atoms with van der Waals surface area (Å²) in [5.41, 5.74) is 2.63. The van der Waals surface area contributed by atoms with E-state index in [1.807, 2.05) is 43.3 Å². The Morgan fingerprint density at radius 2 is 2.10 bits per heavy atom. The van der Waals surface area contributed by atoms with Crippen molar-refractivity contribution >= 4 is 42.1 Å². The van der Waals surface area contributed by atoms with Gasteiger partial charge in [-0.2, -0.15) is 0 Å². The second-order valence-corrected chi connectivity index (χ2v) is 5.42. The summed E-state index contributed by atoms with van der Waals surface area (Å²) in [6.07, 6.45) is 0. The summed E-state index contributed by atoms with van der Waals surface area (Å²) in [4.78, 5) is 1.02. The Hall–Kier alpha value is -1.98. The van der Waals surface area contributed by atoms with Crippen molar-refractivity contribution < 1.29 is 14.1 Å². The average molecular weight is 283 g/mol. The van der Waals surface area contributed by atoms with Gasteiger partial charge in [0.1, 0.15) is 11.0 Å². The molecule has 0 atom stereocenters. The molecule has 0 unspecified atom stereocenters. The van der Waals surface area contributed by atoms with Crippen LogP contribution in [0.4, 0.5) is 0 Å². The number of fused-ring (bicyclic) bond motifs is 1.